The van der Waals surface area contributed by atoms with Crippen LogP contribution < -0.4 is 5.32 Å². The topological polar surface area (TPSA) is 37.8 Å². The lowest BCUT2D eigenvalue weighted by atomic mass is 10.1. The normalized spacial score (nSPS) is 11.1. The van der Waals surface area contributed by atoms with Crippen LogP contribution >= 0.6 is 34.5 Å². The zero-order valence-corrected chi connectivity index (χ0v) is 17.2. The molecule has 1 N–H and O–H groups in total. The van der Waals surface area contributed by atoms with Gasteiger partial charge in [-0.3, -0.25) is 0 Å². The zero-order chi connectivity index (χ0) is 19.0. The van der Waals surface area contributed by atoms with Crippen LogP contribution in [0.25, 0.3) is 10.2 Å². The van der Waals surface area contributed by atoms with Gasteiger partial charge in [-0.05, 0) is 43.2 Å². The van der Waals surface area contributed by atoms with Gasteiger partial charge in [0, 0.05) is 27.0 Å². The zero-order valence-electron chi connectivity index (χ0n) is 14.9. The Balaban J connectivity index is 1.81. The summed E-state index contributed by atoms with van der Waals surface area (Å²) in [6, 6.07) is 15.6. The molecular formula is C21H17Cl2N3S. The summed E-state index contributed by atoms with van der Waals surface area (Å²) < 4.78 is 0. The maximum atomic E-state index is 6.15. The summed E-state index contributed by atoms with van der Waals surface area (Å²) in [7, 11) is 0. The van der Waals surface area contributed by atoms with Crippen molar-refractivity contribution in [2.75, 3.05) is 5.32 Å². The average Bonchev–Trinajstić information content (AvgIpc) is 2.89. The van der Waals surface area contributed by atoms with Crippen molar-refractivity contribution in [3.8, 4) is 0 Å². The van der Waals surface area contributed by atoms with Gasteiger partial charge in [-0.25, -0.2) is 9.97 Å². The number of aryl methyl sites for hydroxylation is 2. The number of rotatable bonds is 4. The van der Waals surface area contributed by atoms with Gasteiger partial charge in [-0.1, -0.05) is 53.5 Å². The molecule has 2 aromatic carbocycles. The van der Waals surface area contributed by atoms with Gasteiger partial charge in [-0.15, -0.1) is 11.3 Å². The third kappa shape index (κ3) is 3.93. The van der Waals surface area contributed by atoms with Crippen molar-refractivity contribution in [2.45, 2.75) is 20.3 Å². The summed E-state index contributed by atoms with van der Waals surface area (Å²) in [5, 5.41) is 5.61. The number of nitrogens with one attached hydrogen (secondary N) is 1. The minimum atomic E-state index is 0.582. The Morgan fingerprint density at radius 1 is 0.963 bits per heavy atom. The highest BCUT2D eigenvalue weighted by Crippen LogP contribution is 2.35. The maximum absolute atomic E-state index is 6.15. The van der Waals surface area contributed by atoms with Crippen LogP contribution in [-0.4, -0.2) is 9.97 Å². The third-order valence-electron chi connectivity index (χ3n) is 4.41. The first-order chi connectivity index (χ1) is 13.0. The largest absolute Gasteiger partial charge is 0.339 e. The van der Waals surface area contributed by atoms with Crippen molar-refractivity contribution in [2.24, 2.45) is 0 Å². The van der Waals surface area contributed by atoms with E-state index in [0.717, 1.165) is 27.5 Å². The minimum Gasteiger partial charge on any atom is -0.339 e. The number of aromatic nitrogens is 2. The van der Waals surface area contributed by atoms with Crippen molar-refractivity contribution in [3.63, 3.8) is 0 Å². The predicted molar refractivity (Wildman–Crippen MR) is 116 cm³/mol. The van der Waals surface area contributed by atoms with Gasteiger partial charge in [0.25, 0.3) is 0 Å². The molecule has 0 unspecified atom stereocenters. The number of nitrogens with zero attached hydrogens (tertiary/aromatic N) is 2. The molecule has 0 spiro atoms. The molecule has 2 heterocycles. The smallest absolute Gasteiger partial charge is 0.143 e. The Hall–Kier alpha value is -2.14. The second-order valence-electron chi connectivity index (χ2n) is 6.40. The van der Waals surface area contributed by atoms with Gasteiger partial charge in [0.15, 0.2) is 0 Å². The lowest BCUT2D eigenvalue weighted by Crippen LogP contribution is -2.02. The molecule has 0 saturated carbocycles. The van der Waals surface area contributed by atoms with Gasteiger partial charge < -0.3 is 5.32 Å². The monoisotopic (exact) mass is 413 g/mol. The standard InChI is InChI=1S/C21H17Cl2N3S/c1-12-13(2)27-21-19(12)20(24-17-10-15(22)9-16(23)11-17)25-18(26-21)8-14-6-4-3-5-7-14/h3-7,9-11H,8H2,1-2H3,(H,24,25,26). The Bertz CT molecular complexity index is 1100. The molecule has 4 rings (SSSR count). The van der Waals surface area contributed by atoms with Crippen molar-refractivity contribution in [1.82, 2.24) is 9.97 Å². The molecule has 0 fully saturated rings. The Morgan fingerprint density at radius 3 is 2.37 bits per heavy atom. The van der Waals surface area contributed by atoms with Gasteiger partial charge >= 0.3 is 0 Å². The third-order valence-corrected chi connectivity index (χ3v) is 5.94. The van der Waals surface area contributed by atoms with Gasteiger partial charge in [0.1, 0.15) is 16.5 Å². The van der Waals surface area contributed by atoms with Crippen LogP contribution in [-0.2, 0) is 6.42 Å². The van der Waals surface area contributed by atoms with E-state index in [1.807, 2.05) is 30.3 Å². The highest BCUT2D eigenvalue weighted by Gasteiger charge is 2.15. The SMILES string of the molecule is Cc1sc2nc(Cc3ccccc3)nc(Nc3cc(Cl)cc(Cl)c3)c2c1C. The number of benzene rings is 2. The molecule has 4 aromatic rings. The second kappa shape index (κ2) is 7.47. The van der Waals surface area contributed by atoms with E-state index < -0.39 is 0 Å². The summed E-state index contributed by atoms with van der Waals surface area (Å²) in [5.41, 5.74) is 3.18. The van der Waals surface area contributed by atoms with Crippen LogP contribution in [0.2, 0.25) is 10.0 Å². The van der Waals surface area contributed by atoms with Crippen molar-refractivity contribution >= 4 is 56.3 Å². The summed E-state index contributed by atoms with van der Waals surface area (Å²) in [5.74, 6) is 1.57. The molecule has 0 atom stereocenters. The molecule has 6 heteroatoms. The first kappa shape index (κ1) is 18.2. The molecule has 0 aliphatic heterocycles. The number of hydrogen-bond donors (Lipinski definition) is 1. The van der Waals surface area contributed by atoms with Crippen LogP contribution in [0.15, 0.2) is 48.5 Å². The van der Waals surface area contributed by atoms with Crippen LogP contribution in [0.1, 0.15) is 21.8 Å². The maximum Gasteiger partial charge on any atom is 0.143 e. The van der Waals surface area contributed by atoms with Crippen LogP contribution in [0.3, 0.4) is 0 Å². The van der Waals surface area contributed by atoms with E-state index in [-0.39, 0.29) is 0 Å². The van der Waals surface area contributed by atoms with Gasteiger partial charge in [0.05, 0.1) is 5.39 Å². The van der Waals surface area contributed by atoms with Crippen LogP contribution in [0, 0.1) is 13.8 Å². The van der Waals surface area contributed by atoms with E-state index in [0.29, 0.717) is 16.5 Å². The number of anilines is 2. The van der Waals surface area contributed by atoms with Gasteiger partial charge in [-0.2, -0.15) is 0 Å². The summed E-state index contributed by atoms with van der Waals surface area (Å²) in [4.78, 5) is 11.9. The lowest BCUT2D eigenvalue weighted by Gasteiger charge is -2.11. The Kier molecular flexibility index (Phi) is 5.04. The fourth-order valence-corrected chi connectivity index (χ4v) is 4.58. The molecule has 0 aliphatic rings. The first-order valence-electron chi connectivity index (χ1n) is 8.53. The summed E-state index contributed by atoms with van der Waals surface area (Å²) in [6.45, 7) is 4.21. The van der Waals surface area contributed by atoms with Crippen molar-refractivity contribution in [1.29, 1.82) is 0 Å². The van der Waals surface area contributed by atoms with E-state index in [4.69, 9.17) is 33.2 Å². The van der Waals surface area contributed by atoms with Crippen LogP contribution in [0.5, 0.6) is 0 Å². The number of thiophene rings is 1. The van der Waals surface area contributed by atoms with E-state index in [1.54, 1.807) is 17.4 Å². The van der Waals surface area contributed by atoms with E-state index >= 15 is 0 Å². The molecule has 0 radical (unpaired) electrons. The van der Waals surface area contributed by atoms with Crippen LogP contribution in [0.4, 0.5) is 11.5 Å². The molecule has 0 amide bonds. The molecule has 0 saturated heterocycles. The Labute approximate surface area is 172 Å². The highest BCUT2D eigenvalue weighted by molar-refractivity contribution is 7.18. The second-order valence-corrected chi connectivity index (χ2v) is 8.47. The molecule has 3 nitrogen and oxygen atoms in total. The first-order valence-corrected chi connectivity index (χ1v) is 10.1. The summed E-state index contributed by atoms with van der Waals surface area (Å²) in [6.07, 6.45) is 0.678. The highest BCUT2D eigenvalue weighted by atomic mass is 35.5. The van der Waals surface area contributed by atoms with Crippen molar-refractivity contribution < 1.29 is 0 Å². The fraction of sp³-hybridized carbons (Fsp3) is 0.143. The quantitative estimate of drug-likeness (QED) is 0.393. The van der Waals surface area contributed by atoms with E-state index in [9.17, 15) is 0 Å². The molecular weight excluding hydrogens is 397 g/mol. The minimum absolute atomic E-state index is 0.582. The molecule has 2 aromatic heterocycles. The number of hydrogen-bond acceptors (Lipinski definition) is 4. The summed E-state index contributed by atoms with van der Waals surface area (Å²) >= 11 is 14.0. The Morgan fingerprint density at radius 2 is 1.67 bits per heavy atom. The average molecular weight is 414 g/mol. The molecule has 0 aliphatic carbocycles. The molecule has 27 heavy (non-hydrogen) atoms. The number of fused-ring (bicyclic) bond motifs is 1. The molecule has 0 bridgehead atoms. The fourth-order valence-electron chi connectivity index (χ4n) is 3.00. The van der Waals surface area contributed by atoms with Crippen molar-refractivity contribution in [3.05, 3.63) is 80.4 Å². The molecule has 136 valence electrons. The van der Waals surface area contributed by atoms with E-state index in [1.165, 1.54) is 16.0 Å². The lowest BCUT2D eigenvalue weighted by molar-refractivity contribution is 0.999. The number of halogens is 2. The predicted octanol–water partition coefficient (Wildman–Crippen LogP) is 6.95. The van der Waals surface area contributed by atoms with Gasteiger partial charge in [0.2, 0.25) is 0 Å². The van der Waals surface area contributed by atoms with E-state index in [2.05, 4.69) is 31.3 Å².